The molecule has 4 aromatic rings. The monoisotopic (exact) mass is 397 g/mol. The number of nitrogens with zero attached hydrogens (tertiary/aromatic N) is 2. The molecule has 6 nitrogen and oxygen atoms in total. The van der Waals surface area contributed by atoms with E-state index in [9.17, 15) is 8.42 Å². The Labute approximate surface area is 160 Å². The van der Waals surface area contributed by atoms with E-state index in [1.165, 1.54) is 17.7 Å². The lowest BCUT2D eigenvalue weighted by Gasteiger charge is -2.10. The minimum absolute atomic E-state index is 0.217. The van der Waals surface area contributed by atoms with Crippen LogP contribution in [0.5, 0.6) is 11.6 Å². The Morgan fingerprint density at radius 1 is 0.963 bits per heavy atom. The van der Waals surface area contributed by atoms with E-state index in [1.54, 1.807) is 48.5 Å². The normalized spacial score (nSPS) is 11.4. The zero-order valence-electron chi connectivity index (χ0n) is 14.3. The van der Waals surface area contributed by atoms with Gasteiger partial charge < -0.3 is 4.74 Å². The molecule has 136 valence electrons. The van der Waals surface area contributed by atoms with Crippen molar-refractivity contribution in [3.63, 3.8) is 0 Å². The molecule has 0 amide bonds. The number of aromatic nitrogens is 2. The number of rotatable bonds is 5. The summed E-state index contributed by atoms with van der Waals surface area (Å²) in [7, 11) is -3.63. The summed E-state index contributed by atoms with van der Waals surface area (Å²) in [6.07, 6.45) is 1.45. The molecule has 0 bridgehead atoms. The average Bonchev–Trinajstić information content (AvgIpc) is 3.13. The van der Waals surface area contributed by atoms with Crippen LogP contribution in [0.3, 0.4) is 0 Å². The van der Waals surface area contributed by atoms with Crippen molar-refractivity contribution in [3.05, 3.63) is 71.9 Å². The van der Waals surface area contributed by atoms with Crippen LogP contribution in [0.4, 0.5) is 5.69 Å². The van der Waals surface area contributed by atoms with Crippen LogP contribution in [-0.2, 0) is 10.0 Å². The van der Waals surface area contributed by atoms with Gasteiger partial charge in [-0.05, 0) is 54.8 Å². The number of nitrogens with one attached hydrogen (secondary N) is 1. The fraction of sp³-hybridized carbons (Fsp3) is 0.0526. The average molecular weight is 397 g/mol. The van der Waals surface area contributed by atoms with Crippen LogP contribution in [0.25, 0.3) is 10.2 Å². The Bertz CT molecular complexity index is 1190. The molecule has 0 aliphatic heterocycles. The van der Waals surface area contributed by atoms with Gasteiger partial charge in [0.05, 0.1) is 10.4 Å². The van der Waals surface area contributed by atoms with Crippen molar-refractivity contribution in [2.45, 2.75) is 11.8 Å². The van der Waals surface area contributed by atoms with Gasteiger partial charge in [0.1, 0.15) is 16.8 Å². The number of benzene rings is 2. The zero-order chi connectivity index (χ0) is 18.9. The third kappa shape index (κ3) is 3.76. The summed E-state index contributed by atoms with van der Waals surface area (Å²) in [6.45, 7) is 1.91. The van der Waals surface area contributed by atoms with Crippen molar-refractivity contribution >= 4 is 37.3 Å². The molecule has 1 N–H and O–H groups in total. The molecule has 0 radical (unpaired) electrons. The molecule has 0 fully saturated rings. The van der Waals surface area contributed by atoms with Gasteiger partial charge in [-0.3, -0.25) is 4.72 Å². The molecule has 0 unspecified atom stereocenters. The van der Waals surface area contributed by atoms with Gasteiger partial charge in [-0.1, -0.05) is 17.7 Å². The van der Waals surface area contributed by atoms with E-state index in [4.69, 9.17) is 4.74 Å². The maximum absolute atomic E-state index is 12.4. The highest BCUT2D eigenvalue weighted by atomic mass is 32.2. The van der Waals surface area contributed by atoms with E-state index in [-0.39, 0.29) is 4.90 Å². The number of fused-ring (bicyclic) bond motifs is 1. The summed E-state index contributed by atoms with van der Waals surface area (Å²) in [5, 5.41) is 1.93. The van der Waals surface area contributed by atoms with Crippen LogP contribution < -0.4 is 9.46 Å². The number of sulfonamides is 1. The zero-order valence-corrected chi connectivity index (χ0v) is 15.9. The fourth-order valence-corrected chi connectivity index (χ4v) is 4.30. The van der Waals surface area contributed by atoms with E-state index in [0.717, 1.165) is 15.8 Å². The summed E-state index contributed by atoms with van der Waals surface area (Å²) in [5.41, 5.74) is 2.28. The number of hydrogen-bond donors (Lipinski definition) is 1. The molecule has 8 heteroatoms. The number of anilines is 1. The molecule has 27 heavy (non-hydrogen) atoms. The third-order valence-corrected chi connectivity index (χ3v) is 6.15. The minimum atomic E-state index is -3.63. The van der Waals surface area contributed by atoms with Gasteiger partial charge in [0.2, 0.25) is 5.88 Å². The van der Waals surface area contributed by atoms with Crippen LogP contribution >= 0.6 is 11.3 Å². The Kier molecular flexibility index (Phi) is 4.51. The quantitative estimate of drug-likeness (QED) is 0.532. The molecular formula is C19H15N3O3S2. The topological polar surface area (TPSA) is 81.2 Å². The fourth-order valence-electron chi connectivity index (χ4n) is 2.47. The maximum Gasteiger partial charge on any atom is 0.261 e. The smallest absolute Gasteiger partial charge is 0.261 e. The van der Waals surface area contributed by atoms with E-state index in [1.807, 2.05) is 18.4 Å². The molecule has 0 atom stereocenters. The Morgan fingerprint density at radius 2 is 1.70 bits per heavy atom. The predicted octanol–water partition coefficient (Wildman–Crippen LogP) is 4.59. The minimum Gasteiger partial charge on any atom is -0.437 e. The van der Waals surface area contributed by atoms with Gasteiger partial charge in [-0.15, -0.1) is 11.3 Å². The lowest BCUT2D eigenvalue weighted by molar-refractivity contribution is 0.469. The van der Waals surface area contributed by atoms with Gasteiger partial charge in [-0.2, -0.15) is 0 Å². The number of hydrogen-bond acceptors (Lipinski definition) is 6. The Balaban J connectivity index is 1.52. The molecule has 2 aromatic carbocycles. The predicted molar refractivity (Wildman–Crippen MR) is 106 cm³/mol. The van der Waals surface area contributed by atoms with Crippen molar-refractivity contribution in [1.29, 1.82) is 0 Å². The molecule has 2 aromatic heterocycles. The first-order valence-corrected chi connectivity index (χ1v) is 10.4. The molecule has 0 saturated carbocycles. The summed E-state index contributed by atoms with van der Waals surface area (Å²) >= 11 is 1.50. The SMILES string of the molecule is Cc1ccc(S(=O)(=O)Nc2ccc(Oc3ncnc4ccsc34)cc2)cc1. The second-order valence-electron chi connectivity index (χ2n) is 5.86. The molecule has 0 aliphatic carbocycles. The van der Waals surface area contributed by atoms with E-state index in [0.29, 0.717) is 17.3 Å². The molecule has 0 saturated heterocycles. The van der Waals surface area contributed by atoms with Gasteiger partial charge >= 0.3 is 0 Å². The second-order valence-corrected chi connectivity index (χ2v) is 8.46. The number of aryl methyl sites for hydroxylation is 1. The van der Waals surface area contributed by atoms with Gasteiger partial charge in [-0.25, -0.2) is 18.4 Å². The van der Waals surface area contributed by atoms with Crippen molar-refractivity contribution < 1.29 is 13.2 Å². The lowest BCUT2D eigenvalue weighted by Crippen LogP contribution is -2.12. The van der Waals surface area contributed by atoms with E-state index in [2.05, 4.69) is 14.7 Å². The third-order valence-electron chi connectivity index (χ3n) is 3.86. The summed E-state index contributed by atoms with van der Waals surface area (Å²) in [5.74, 6) is 1.03. The maximum atomic E-state index is 12.4. The van der Waals surface area contributed by atoms with E-state index < -0.39 is 10.0 Å². The Hall–Kier alpha value is -2.97. The first-order chi connectivity index (χ1) is 13.0. The highest BCUT2D eigenvalue weighted by molar-refractivity contribution is 7.92. The summed E-state index contributed by atoms with van der Waals surface area (Å²) in [4.78, 5) is 8.56. The van der Waals surface area contributed by atoms with Crippen molar-refractivity contribution in [1.82, 2.24) is 9.97 Å². The van der Waals surface area contributed by atoms with Crippen LogP contribution in [0.1, 0.15) is 5.56 Å². The van der Waals surface area contributed by atoms with Crippen LogP contribution in [0, 0.1) is 6.92 Å². The van der Waals surface area contributed by atoms with Crippen molar-refractivity contribution in [2.24, 2.45) is 0 Å². The van der Waals surface area contributed by atoms with Gasteiger partial charge in [0, 0.05) is 5.69 Å². The van der Waals surface area contributed by atoms with Crippen molar-refractivity contribution in [3.8, 4) is 11.6 Å². The second kappa shape index (κ2) is 6.98. The lowest BCUT2D eigenvalue weighted by atomic mass is 10.2. The molecule has 2 heterocycles. The van der Waals surface area contributed by atoms with Crippen LogP contribution in [-0.4, -0.2) is 18.4 Å². The number of thiophene rings is 1. The standard InChI is InChI=1S/C19H15N3O3S2/c1-13-2-8-16(9-3-13)27(23,24)22-14-4-6-15(7-5-14)25-19-18-17(10-11-26-18)20-12-21-19/h2-12,22H,1H3. The highest BCUT2D eigenvalue weighted by Gasteiger charge is 2.14. The molecule has 4 rings (SSSR count). The highest BCUT2D eigenvalue weighted by Crippen LogP contribution is 2.31. The molecular weight excluding hydrogens is 382 g/mol. The Morgan fingerprint density at radius 3 is 2.44 bits per heavy atom. The summed E-state index contributed by atoms with van der Waals surface area (Å²) in [6, 6.07) is 15.3. The van der Waals surface area contributed by atoms with Crippen LogP contribution in [0.2, 0.25) is 0 Å². The molecule has 0 spiro atoms. The van der Waals surface area contributed by atoms with E-state index >= 15 is 0 Å². The van der Waals surface area contributed by atoms with Crippen molar-refractivity contribution in [2.75, 3.05) is 4.72 Å². The first kappa shape index (κ1) is 17.4. The first-order valence-electron chi connectivity index (χ1n) is 8.07. The van der Waals surface area contributed by atoms with Gasteiger partial charge in [0.15, 0.2) is 0 Å². The largest absolute Gasteiger partial charge is 0.437 e. The molecule has 0 aliphatic rings. The van der Waals surface area contributed by atoms with Crippen LogP contribution in [0.15, 0.2) is 71.2 Å². The summed E-state index contributed by atoms with van der Waals surface area (Å²) < 4.78 is 34.1. The van der Waals surface area contributed by atoms with Gasteiger partial charge in [0.25, 0.3) is 10.0 Å². The number of ether oxygens (including phenoxy) is 1.